The zero-order chi connectivity index (χ0) is 13.2. The number of rotatable bonds is 3. The van der Waals surface area contributed by atoms with Gasteiger partial charge >= 0.3 is 0 Å². The molecule has 0 spiro atoms. The largest absolute Gasteiger partial charge is 0.0984 e. The molecule has 0 heterocycles. The number of benzene rings is 3. The van der Waals surface area contributed by atoms with Crippen LogP contribution in [-0.2, 0) is 6.42 Å². The summed E-state index contributed by atoms with van der Waals surface area (Å²) in [5.41, 5.74) is 2.66. The summed E-state index contributed by atoms with van der Waals surface area (Å²) in [4.78, 5) is 0. The quantitative estimate of drug-likeness (QED) is 0.469. The number of aryl methyl sites for hydroxylation is 1. The van der Waals surface area contributed by atoms with E-state index in [1.54, 1.807) is 0 Å². The lowest BCUT2D eigenvalue weighted by molar-refractivity contribution is 1.17. The maximum absolute atomic E-state index is 4.00. The average Bonchev–Trinajstić information content (AvgIpc) is 2.47. The average molecular weight is 259 g/mol. The fourth-order valence-corrected chi connectivity index (χ4v) is 3.12. The second kappa shape index (κ2) is 5.02. The highest BCUT2D eigenvalue weighted by Crippen LogP contribution is 2.34. The van der Waals surface area contributed by atoms with Crippen molar-refractivity contribution in [2.75, 3.05) is 0 Å². The summed E-state index contributed by atoms with van der Waals surface area (Å²) in [6.07, 6.45) is 3.01. The van der Waals surface area contributed by atoms with Crippen LogP contribution in [0.2, 0.25) is 6.04 Å². The Kier molecular flexibility index (Phi) is 3.22. The Hall–Kier alpha value is -1.86. The summed E-state index contributed by atoms with van der Waals surface area (Å²) in [5, 5.41) is 5.28. The van der Waals surface area contributed by atoms with E-state index < -0.39 is 0 Å². The smallest absolute Gasteiger partial charge is 0.0225 e. The molecule has 0 saturated carbocycles. The number of fused-ring (bicyclic) bond motifs is 2. The Morgan fingerprint density at radius 2 is 1.32 bits per heavy atom. The Morgan fingerprint density at radius 1 is 0.842 bits per heavy atom. The Morgan fingerprint density at radius 3 is 1.74 bits per heavy atom. The van der Waals surface area contributed by atoms with Crippen LogP contribution in [0.1, 0.15) is 11.1 Å². The molecule has 0 aliphatic carbocycles. The molecule has 0 bridgehead atoms. The van der Waals surface area contributed by atoms with Crippen molar-refractivity contribution in [3.05, 3.63) is 66.2 Å². The highest BCUT2D eigenvalue weighted by molar-refractivity contribution is 6.11. The topological polar surface area (TPSA) is 0 Å². The molecule has 1 heteroatoms. The van der Waals surface area contributed by atoms with Crippen LogP contribution in [0, 0.1) is 0 Å². The maximum Gasteiger partial charge on any atom is 0.0225 e. The first kappa shape index (κ1) is 12.2. The van der Waals surface area contributed by atoms with E-state index in [4.69, 9.17) is 0 Å². The Balaban J connectivity index is 2.57. The van der Waals surface area contributed by atoms with Gasteiger partial charge in [0, 0.05) is 10.2 Å². The van der Waals surface area contributed by atoms with Crippen LogP contribution in [-0.4, -0.2) is 10.2 Å². The van der Waals surface area contributed by atoms with Gasteiger partial charge in [0.2, 0.25) is 0 Å². The van der Waals surface area contributed by atoms with Gasteiger partial charge in [0.15, 0.2) is 0 Å². The third-order valence-electron chi connectivity index (χ3n) is 3.66. The van der Waals surface area contributed by atoms with Crippen molar-refractivity contribution in [2.24, 2.45) is 0 Å². The van der Waals surface area contributed by atoms with E-state index in [2.05, 4.69) is 65.4 Å². The molecule has 0 fully saturated rings. The third kappa shape index (κ3) is 1.91. The minimum atomic E-state index is 0.974. The van der Waals surface area contributed by atoms with Crippen LogP contribution in [0.5, 0.6) is 0 Å². The molecule has 0 atom stereocenters. The van der Waals surface area contributed by atoms with E-state index in [9.17, 15) is 0 Å². The molecule has 3 aromatic carbocycles. The van der Waals surface area contributed by atoms with E-state index in [0.717, 1.165) is 12.5 Å². The number of hydrogen-bond acceptors (Lipinski definition) is 0. The summed E-state index contributed by atoms with van der Waals surface area (Å²) in [6, 6.07) is 18.2. The Bertz CT molecular complexity index is 699. The zero-order valence-electron chi connectivity index (χ0n) is 10.8. The predicted molar refractivity (Wildman–Crippen MR) is 85.8 cm³/mol. The standard InChI is InChI=1S/C18H15Si/c1-2-13-14-7-3-5-9-16(14)18(11-12-19)17-10-6-4-8-15(13)17/h2-10H,1,11-12H2. The fourth-order valence-electron chi connectivity index (χ4n) is 2.87. The summed E-state index contributed by atoms with van der Waals surface area (Å²) in [6.45, 7) is 4.00. The van der Waals surface area contributed by atoms with Crippen molar-refractivity contribution in [1.29, 1.82) is 0 Å². The molecule has 3 rings (SSSR count). The molecule has 3 aromatic rings. The van der Waals surface area contributed by atoms with E-state index in [1.807, 2.05) is 6.08 Å². The van der Waals surface area contributed by atoms with Gasteiger partial charge in [0.05, 0.1) is 0 Å². The lowest BCUT2D eigenvalue weighted by Gasteiger charge is -2.14. The van der Waals surface area contributed by atoms with E-state index in [0.29, 0.717) is 0 Å². The molecule has 0 aromatic heterocycles. The van der Waals surface area contributed by atoms with Gasteiger partial charge in [0.1, 0.15) is 0 Å². The molecular formula is C18H15Si. The van der Waals surface area contributed by atoms with Crippen LogP contribution in [0.4, 0.5) is 0 Å². The van der Waals surface area contributed by atoms with Crippen molar-refractivity contribution in [1.82, 2.24) is 0 Å². The molecule has 0 nitrogen and oxygen atoms in total. The van der Waals surface area contributed by atoms with Crippen LogP contribution in [0.15, 0.2) is 55.1 Å². The SMILES string of the molecule is C=Cc1c2ccccc2c(CC[Si])c2ccccc12. The summed E-state index contributed by atoms with van der Waals surface area (Å²) in [5.74, 6) is 0. The molecule has 0 amide bonds. The normalized spacial score (nSPS) is 11.0. The summed E-state index contributed by atoms with van der Waals surface area (Å²) >= 11 is 0. The molecular weight excluding hydrogens is 244 g/mol. The van der Waals surface area contributed by atoms with Crippen molar-refractivity contribution >= 4 is 37.9 Å². The number of hydrogen-bond donors (Lipinski definition) is 0. The van der Waals surface area contributed by atoms with Crippen molar-refractivity contribution in [3.63, 3.8) is 0 Å². The van der Waals surface area contributed by atoms with Crippen LogP contribution in [0.3, 0.4) is 0 Å². The van der Waals surface area contributed by atoms with Gasteiger partial charge in [-0.25, -0.2) is 0 Å². The van der Waals surface area contributed by atoms with Gasteiger partial charge < -0.3 is 0 Å². The maximum atomic E-state index is 4.00. The highest BCUT2D eigenvalue weighted by Gasteiger charge is 2.10. The van der Waals surface area contributed by atoms with Crippen LogP contribution >= 0.6 is 0 Å². The van der Waals surface area contributed by atoms with E-state index >= 15 is 0 Å². The molecule has 3 radical (unpaired) electrons. The van der Waals surface area contributed by atoms with Gasteiger partial charge in [-0.1, -0.05) is 67.2 Å². The van der Waals surface area contributed by atoms with Gasteiger partial charge in [-0.3, -0.25) is 0 Å². The first-order valence-electron chi connectivity index (χ1n) is 6.56. The van der Waals surface area contributed by atoms with Crippen LogP contribution in [0.25, 0.3) is 27.6 Å². The molecule has 0 saturated heterocycles. The van der Waals surface area contributed by atoms with Crippen molar-refractivity contribution in [2.45, 2.75) is 12.5 Å². The summed E-state index contributed by atoms with van der Waals surface area (Å²) in [7, 11) is 3.62. The molecule has 19 heavy (non-hydrogen) atoms. The molecule has 0 unspecified atom stereocenters. The predicted octanol–water partition coefficient (Wildman–Crippen LogP) is 4.77. The van der Waals surface area contributed by atoms with Crippen molar-refractivity contribution < 1.29 is 0 Å². The minimum Gasteiger partial charge on any atom is -0.0984 e. The minimum absolute atomic E-state index is 0.974. The molecule has 0 aliphatic rings. The van der Waals surface area contributed by atoms with Gasteiger partial charge in [-0.2, -0.15) is 0 Å². The lowest BCUT2D eigenvalue weighted by atomic mass is 9.91. The molecule has 0 aliphatic heterocycles. The first-order chi connectivity index (χ1) is 9.36. The lowest BCUT2D eigenvalue weighted by Crippen LogP contribution is -1.93. The zero-order valence-corrected chi connectivity index (χ0v) is 11.8. The molecule has 0 N–H and O–H groups in total. The summed E-state index contributed by atoms with van der Waals surface area (Å²) < 4.78 is 0. The highest BCUT2D eigenvalue weighted by atomic mass is 28.1. The second-order valence-corrected chi connectivity index (χ2v) is 5.19. The first-order valence-corrected chi connectivity index (χ1v) is 7.27. The van der Waals surface area contributed by atoms with E-state index in [1.165, 1.54) is 32.7 Å². The van der Waals surface area contributed by atoms with Crippen LogP contribution < -0.4 is 0 Å². The second-order valence-electron chi connectivity index (χ2n) is 4.69. The van der Waals surface area contributed by atoms with Gasteiger partial charge in [0.25, 0.3) is 0 Å². The van der Waals surface area contributed by atoms with Gasteiger partial charge in [-0.15, -0.1) is 0 Å². The monoisotopic (exact) mass is 259 g/mol. The molecule has 91 valence electrons. The fraction of sp³-hybridized carbons (Fsp3) is 0.111. The van der Waals surface area contributed by atoms with Gasteiger partial charge in [-0.05, 0) is 39.1 Å². The Labute approximate surface area is 117 Å². The third-order valence-corrected chi connectivity index (χ3v) is 3.91. The van der Waals surface area contributed by atoms with Crippen molar-refractivity contribution in [3.8, 4) is 0 Å². The van der Waals surface area contributed by atoms with E-state index in [-0.39, 0.29) is 0 Å².